The van der Waals surface area contributed by atoms with Crippen molar-refractivity contribution >= 4 is 28.1 Å². The summed E-state index contributed by atoms with van der Waals surface area (Å²) in [7, 11) is -2.78. The molecule has 3 fully saturated rings. The number of carbonyl (C=O) groups excluding carboxylic acids is 3. The van der Waals surface area contributed by atoms with E-state index in [1.54, 1.807) is 0 Å². The summed E-state index contributed by atoms with van der Waals surface area (Å²) in [6.45, 7) is 1.97. The Labute approximate surface area is 163 Å². The number of likely N-dealkylation sites (tertiary alicyclic amines) is 1. The van der Waals surface area contributed by atoms with E-state index in [0.29, 0.717) is 30.2 Å². The van der Waals surface area contributed by atoms with Crippen LogP contribution in [0.15, 0.2) is 0 Å². The fourth-order valence-electron chi connectivity index (χ4n) is 4.07. The molecule has 0 aromatic carbocycles. The molecule has 2 bridgehead atoms. The third kappa shape index (κ3) is 4.99. The largest absolute Gasteiger partial charge is 0.418 e. The van der Waals surface area contributed by atoms with E-state index >= 15 is 0 Å². The molecule has 3 saturated heterocycles. The van der Waals surface area contributed by atoms with Crippen LogP contribution in [0.2, 0.25) is 0 Å². The van der Waals surface area contributed by atoms with Crippen LogP contribution in [0.1, 0.15) is 32.1 Å². The Morgan fingerprint density at radius 1 is 1.21 bits per heavy atom. The number of nitrogens with one attached hydrogen (secondary N) is 1. The average molecular weight is 418 g/mol. The monoisotopic (exact) mass is 418 g/mol. The molecule has 0 aliphatic carbocycles. The molecule has 0 aromatic heterocycles. The molecule has 2 atom stereocenters. The van der Waals surface area contributed by atoms with Crippen molar-refractivity contribution in [3.8, 4) is 0 Å². The number of hydrogen-bond donors (Lipinski definition) is 2. The molecule has 3 rings (SSSR count). The van der Waals surface area contributed by atoms with Crippen LogP contribution in [0, 0.1) is 5.92 Å². The van der Waals surface area contributed by atoms with Crippen LogP contribution in [0.4, 0.5) is 4.79 Å². The molecule has 28 heavy (non-hydrogen) atoms. The number of fused-ring (bicyclic) bond motifs is 2. The van der Waals surface area contributed by atoms with Gasteiger partial charge >= 0.3 is 16.4 Å². The molecule has 3 heterocycles. The summed E-state index contributed by atoms with van der Waals surface area (Å²) in [4.78, 5) is 40.4. The third-order valence-corrected chi connectivity index (χ3v) is 5.96. The molecule has 11 nitrogen and oxygen atoms in total. The first-order chi connectivity index (χ1) is 13.1. The van der Waals surface area contributed by atoms with E-state index in [-0.39, 0.29) is 18.9 Å². The lowest BCUT2D eigenvalue weighted by Gasteiger charge is -2.29. The normalized spacial score (nSPS) is 26.6. The molecule has 2 N–H and O–H groups in total. The summed E-state index contributed by atoms with van der Waals surface area (Å²) in [5.41, 5.74) is 0. The number of ketones is 1. The molecule has 12 heteroatoms. The molecule has 0 unspecified atom stereocenters. The van der Waals surface area contributed by atoms with Crippen molar-refractivity contribution < 1.29 is 31.6 Å². The molecular formula is C16H26N4O7S. The van der Waals surface area contributed by atoms with Crippen molar-refractivity contribution in [2.75, 3.05) is 33.2 Å². The molecule has 0 radical (unpaired) electrons. The number of Topliss-reactive ketones (excluding diaryl/α,β-unsaturated/α-hetero) is 1. The maximum Gasteiger partial charge on any atom is 0.418 e. The fourth-order valence-corrected chi connectivity index (χ4v) is 4.46. The van der Waals surface area contributed by atoms with E-state index in [1.807, 2.05) is 0 Å². The second kappa shape index (κ2) is 8.31. The zero-order valence-electron chi connectivity index (χ0n) is 15.7. The van der Waals surface area contributed by atoms with E-state index in [2.05, 4.69) is 21.5 Å². The van der Waals surface area contributed by atoms with E-state index in [4.69, 9.17) is 4.55 Å². The summed E-state index contributed by atoms with van der Waals surface area (Å²) in [6, 6.07) is -2.14. The van der Waals surface area contributed by atoms with Gasteiger partial charge in [0, 0.05) is 13.0 Å². The molecule has 158 valence electrons. The van der Waals surface area contributed by atoms with Gasteiger partial charge in [-0.05, 0) is 51.7 Å². The zero-order valence-corrected chi connectivity index (χ0v) is 16.6. The number of carbonyl (C=O) groups is 3. The van der Waals surface area contributed by atoms with Crippen LogP contribution >= 0.6 is 0 Å². The number of hydroxylamine groups is 2. The van der Waals surface area contributed by atoms with Gasteiger partial charge < -0.3 is 15.1 Å². The Morgan fingerprint density at radius 2 is 1.89 bits per heavy atom. The summed E-state index contributed by atoms with van der Waals surface area (Å²) in [5, 5.41) is 3.19. The Balaban J connectivity index is 1.49. The molecule has 3 amide bonds. The van der Waals surface area contributed by atoms with Gasteiger partial charge in [0.05, 0.1) is 12.6 Å². The molecule has 0 spiro atoms. The maximum atomic E-state index is 12.5. The van der Waals surface area contributed by atoms with Gasteiger partial charge in [-0.25, -0.2) is 4.79 Å². The minimum Gasteiger partial charge on any atom is -0.347 e. The predicted molar refractivity (Wildman–Crippen MR) is 96.2 cm³/mol. The predicted octanol–water partition coefficient (Wildman–Crippen LogP) is -0.593. The van der Waals surface area contributed by atoms with Gasteiger partial charge in [-0.3, -0.25) is 14.1 Å². The molecule has 3 aliphatic heterocycles. The first-order valence-electron chi connectivity index (χ1n) is 9.39. The average Bonchev–Trinajstić information content (AvgIpc) is 2.85. The molecular weight excluding hydrogens is 392 g/mol. The Hall–Kier alpha value is -1.76. The van der Waals surface area contributed by atoms with Gasteiger partial charge in [-0.2, -0.15) is 13.5 Å². The van der Waals surface area contributed by atoms with Crippen LogP contribution in [0.3, 0.4) is 0 Å². The van der Waals surface area contributed by atoms with E-state index in [1.165, 1.54) is 4.90 Å². The van der Waals surface area contributed by atoms with Gasteiger partial charge in [-0.1, -0.05) is 0 Å². The highest BCUT2D eigenvalue weighted by atomic mass is 32.3. The lowest BCUT2D eigenvalue weighted by atomic mass is 9.92. The summed E-state index contributed by atoms with van der Waals surface area (Å²) >= 11 is 0. The highest BCUT2D eigenvalue weighted by Crippen LogP contribution is 2.30. The molecule has 0 aromatic rings. The van der Waals surface area contributed by atoms with Gasteiger partial charge in [0.15, 0.2) is 5.78 Å². The summed E-state index contributed by atoms with van der Waals surface area (Å²) in [5.74, 6) is -0.153. The van der Waals surface area contributed by atoms with Crippen LogP contribution in [0.25, 0.3) is 0 Å². The molecule has 0 saturated carbocycles. The van der Waals surface area contributed by atoms with Gasteiger partial charge in [0.2, 0.25) is 5.91 Å². The Kier molecular flexibility index (Phi) is 6.22. The maximum absolute atomic E-state index is 12.5. The van der Waals surface area contributed by atoms with Crippen LogP contribution in [-0.4, -0.2) is 90.9 Å². The Morgan fingerprint density at radius 3 is 2.54 bits per heavy atom. The Bertz CT molecular complexity index is 735. The number of nitrogens with zero attached hydrogens (tertiary/aromatic N) is 3. The number of rotatable bonds is 7. The van der Waals surface area contributed by atoms with Crippen molar-refractivity contribution in [3.63, 3.8) is 0 Å². The third-order valence-electron chi connectivity index (χ3n) is 5.61. The summed E-state index contributed by atoms with van der Waals surface area (Å²) < 4.78 is 34.9. The lowest BCUT2D eigenvalue weighted by molar-refractivity contribution is -0.129. The highest BCUT2D eigenvalue weighted by molar-refractivity contribution is 7.80. The standard InChI is InChI=1S/C16H26N4O7S/c1-18-6-4-11(5-7-18)8-13(21)9-17-15(22)14-3-2-12-10-19(14)16(23)20(12)27-28(24,25)26/h11-12,14H,2-10H2,1H3,(H,17,22)(H,24,25,26)/t12-,14+/m1/s1. The van der Waals surface area contributed by atoms with Gasteiger partial charge in [0.1, 0.15) is 6.04 Å². The van der Waals surface area contributed by atoms with Crippen LogP contribution < -0.4 is 5.32 Å². The first kappa shape index (κ1) is 21.0. The van der Waals surface area contributed by atoms with Crippen LogP contribution in [0.5, 0.6) is 0 Å². The second-order valence-electron chi connectivity index (χ2n) is 7.72. The van der Waals surface area contributed by atoms with Crippen molar-refractivity contribution in [2.45, 2.75) is 44.2 Å². The number of piperidine rings is 2. The SMILES string of the molecule is CN1CCC(CC(=O)CNC(=O)[C@@H]2CC[C@@H]3CN2C(=O)N3OS(=O)(=O)O)CC1. The van der Waals surface area contributed by atoms with Crippen LogP contribution in [-0.2, 0) is 24.3 Å². The quantitative estimate of drug-likeness (QED) is 0.523. The van der Waals surface area contributed by atoms with Crippen molar-refractivity contribution in [2.24, 2.45) is 5.92 Å². The highest BCUT2D eigenvalue weighted by Gasteiger charge is 2.49. The minimum absolute atomic E-state index is 0.0410. The zero-order chi connectivity index (χ0) is 20.5. The van der Waals surface area contributed by atoms with Gasteiger partial charge in [-0.15, -0.1) is 4.28 Å². The minimum atomic E-state index is -4.83. The topological polar surface area (TPSA) is 137 Å². The van der Waals surface area contributed by atoms with Gasteiger partial charge in [0.25, 0.3) is 0 Å². The van der Waals surface area contributed by atoms with Crippen molar-refractivity contribution in [1.82, 2.24) is 20.2 Å². The van der Waals surface area contributed by atoms with E-state index in [0.717, 1.165) is 25.9 Å². The van der Waals surface area contributed by atoms with Crippen molar-refractivity contribution in [1.29, 1.82) is 0 Å². The number of hydrogen-bond acceptors (Lipinski definition) is 7. The number of urea groups is 1. The number of amides is 3. The smallest absolute Gasteiger partial charge is 0.347 e. The summed E-state index contributed by atoms with van der Waals surface area (Å²) in [6.07, 6.45) is 3.02. The first-order valence-corrected chi connectivity index (χ1v) is 10.8. The van der Waals surface area contributed by atoms with E-state index < -0.39 is 34.4 Å². The second-order valence-corrected chi connectivity index (χ2v) is 8.72. The molecule has 3 aliphatic rings. The lowest BCUT2D eigenvalue weighted by Crippen LogP contribution is -2.50. The van der Waals surface area contributed by atoms with E-state index in [9.17, 15) is 22.8 Å². The fraction of sp³-hybridized carbons (Fsp3) is 0.812. The van der Waals surface area contributed by atoms with Crippen molar-refractivity contribution in [3.05, 3.63) is 0 Å².